The van der Waals surface area contributed by atoms with Crippen LogP contribution in [0.15, 0.2) is 46.0 Å². The van der Waals surface area contributed by atoms with E-state index in [9.17, 15) is 9.59 Å². The first kappa shape index (κ1) is 14.4. The Bertz CT molecular complexity index is 682. The van der Waals surface area contributed by atoms with E-state index in [0.29, 0.717) is 14.9 Å². The van der Waals surface area contributed by atoms with E-state index in [1.165, 1.54) is 12.3 Å². The van der Waals surface area contributed by atoms with Crippen molar-refractivity contribution in [2.75, 3.05) is 0 Å². The van der Waals surface area contributed by atoms with Crippen LogP contribution in [0.4, 0.5) is 0 Å². The van der Waals surface area contributed by atoms with Gasteiger partial charge < -0.3 is 5.11 Å². The summed E-state index contributed by atoms with van der Waals surface area (Å²) in [5, 5.41) is 12.6. The van der Waals surface area contributed by atoms with Gasteiger partial charge >= 0.3 is 5.97 Å². The fourth-order valence-electron chi connectivity index (χ4n) is 1.40. The van der Waals surface area contributed by atoms with Gasteiger partial charge in [0.15, 0.2) is 0 Å². The van der Waals surface area contributed by atoms with Crippen molar-refractivity contribution in [2.45, 2.75) is 0 Å². The summed E-state index contributed by atoms with van der Waals surface area (Å²) in [7, 11) is 0. The van der Waals surface area contributed by atoms with Crippen LogP contribution in [0.2, 0.25) is 0 Å². The van der Waals surface area contributed by atoms with E-state index in [-0.39, 0.29) is 10.8 Å². The highest BCUT2D eigenvalue weighted by Gasteiger charge is 2.08. The molecule has 2 rings (SSSR count). The van der Waals surface area contributed by atoms with Crippen LogP contribution in [0.25, 0.3) is 0 Å². The molecule has 0 aliphatic rings. The summed E-state index contributed by atoms with van der Waals surface area (Å²) in [5.41, 5.74) is 2.86. The molecule has 7 heteroatoms. The highest BCUT2D eigenvalue weighted by atomic mass is 79.9. The van der Waals surface area contributed by atoms with Crippen molar-refractivity contribution in [3.05, 3.63) is 56.2 Å². The molecule has 0 atom stereocenters. The molecule has 20 heavy (non-hydrogen) atoms. The molecule has 2 aromatic rings. The summed E-state index contributed by atoms with van der Waals surface area (Å²) < 4.78 is 0.678. The van der Waals surface area contributed by atoms with Crippen molar-refractivity contribution in [1.82, 2.24) is 5.43 Å². The fourth-order valence-corrected chi connectivity index (χ4v) is 2.58. The number of rotatable bonds is 4. The number of carbonyl (C=O) groups excluding carboxylic acids is 1. The van der Waals surface area contributed by atoms with Crippen LogP contribution in [0.3, 0.4) is 0 Å². The second-order valence-corrected chi connectivity index (χ2v) is 5.66. The van der Waals surface area contributed by atoms with Crippen molar-refractivity contribution in [2.24, 2.45) is 5.10 Å². The SMILES string of the molecule is O=C(O)c1ccc(C=NNC(=O)c2ccccc2Br)s1. The summed E-state index contributed by atoms with van der Waals surface area (Å²) >= 11 is 4.36. The van der Waals surface area contributed by atoms with E-state index < -0.39 is 5.97 Å². The predicted molar refractivity (Wildman–Crippen MR) is 80.5 cm³/mol. The maximum atomic E-state index is 11.8. The van der Waals surface area contributed by atoms with Crippen molar-refractivity contribution in [1.29, 1.82) is 0 Å². The first-order valence-corrected chi connectivity index (χ1v) is 7.10. The Morgan fingerprint density at radius 3 is 2.65 bits per heavy atom. The molecule has 0 saturated heterocycles. The minimum Gasteiger partial charge on any atom is -0.477 e. The van der Waals surface area contributed by atoms with Crippen molar-refractivity contribution >= 4 is 45.4 Å². The molecule has 0 fully saturated rings. The van der Waals surface area contributed by atoms with Gasteiger partial charge in [0.25, 0.3) is 5.91 Å². The molecule has 0 spiro atoms. The van der Waals surface area contributed by atoms with Crippen LogP contribution < -0.4 is 5.43 Å². The first-order chi connectivity index (χ1) is 9.58. The Hall–Kier alpha value is -1.99. The Balaban J connectivity index is 2.01. The third kappa shape index (κ3) is 3.52. The standard InChI is InChI=1S/C13H9BrN2O3S/c14-10-4-2-1-3-9(10)12(17)16-15-7-8-5-6-11(20-8)13(18)19/h1-7H,(H,16,17)(H,18,19). The molecule has 0 aliphatic heterocycles. The van der Waals surface area contributed by atoms with Gasteiger partial charge in [0.1, 0.15) is 4.88 Å². The smallest absolute Gasteiger partial charge is 0.345 e. The van der Waals surface area contributed by atoms with Gasteiger partial charge in [-0.15, -0.1) is 11.3 Å². The van der Waals surface area contributed by atoms with E-state index in [1.807, 2.05) is 6.07 Å². The van der Waals surface area contributed by atoms with E-state index in [4.69, 9.17) is 5.11 Å². The number of nitrogens with zero attached hydrogens (tertiary/aromatic N) is 1. The second kappa shape index (κ2) is 6.44. The number of amides is 1. The summed E-state index contributed by atoms with van der Waals surface area (Å²) in [4.78, 5) is 23.4. The molecule has 0 saturated carbocycles. The quantitative estimate of drug-likeness (QED) is 0.655. The number of carboxylic acids is 1. The van der Waals surface area contributed by atoms with Crippen molar-refractivity contribution in [3.63, 3.8) is 0 Å². The number of carbonyl (C=O) groups is 2. The molecule has 0 bridgehead atoms. The molecule has 1 amide bonds. The highest BCUT2D eigenvalue weighted by molar-refractivity contribution is 9.10. The minimum atomic E-state index is -0.980. The fraction of sp³-hybridized carbons (Fsp3) is 0. The van der Waals surface area contributed by atoms with E-state index >= 15 is 0 Å². The van der Waals surface area contributed by atoms with Gasteiger partial charge in [-0.1, -0.05) is 12.1 Å². The van der Waals surface area contributed by atoms with E-state index in [1.54, 1.807) is 24.3 Å². The predicted octanol–water partition coefficient (Wildman–Crippen LogP) is 2.97. The molecule has 1 heterocycles. The Morgan fingerprint density at radius 2 is 2.00 bits per heavy atom. The Morgan fingerprint density at radius 1 is 1.25 bits per heavy atom. The normalized spacial score (nSPS) is 10.7. The van der Waals surface area contributed by atoms with Gasteiger partial charge in [-0.2, -0.15) is 5.10 Å². The van der Waals surface area contributed by atoms with E-state index in [2.05, 4.69) is 26.5 Å². The lowest BCUT2D eigenvalue weighted by molar-refractivity contribution is 0.0702. The number of hydrazone groups is 1. The second-order valence-electron chi connectivity index (χ2n) is 3.69. The lowest BCUT2D eigenvalue weighted by atomic mass is 10.2. The molecule has 0 unspecified atom stereocenters. The van der Waals surface area contributed by atoms with Crippen LogP contribution >= 0.6 is 27.3 Å². The van der Waals surface area contributed by atoms with Gasteiger partial charge in [-0.3, -0.25) is 4.79 Å². The van der Waals surface area contributed by atoms with Crippen LogP contribution in [-0.4, -0.2) is 23.2 Å². The van der Waals surface area contributed by atoms with Crippen LogP contribution in [0, 0.1) is 0 Å². The number of carboxylic acid groups (broad SMARTS) is 1. The maximum absolute atomic E-state index is 11.8. The number of halogens is 1. The number of hydrogen-bond acceptors (Lipinski definition) is 4. The van der Waals surface area contributed by atoms with Crippen LogP contribution in [0.5, 0.6) is 0 Å². The monoisotopic (exact) mass is 352 g/mol. The minimum absolute atomic E-state index is 0.226. The highest BCUT2D eigenvalue weighted by Crippen LogP contribution is 2.16. The van der Waals surface area contributed by atoms with Crippen LogP contribution in [-0.2, 0) is 0 Å². The largest absolute Gasteiger partial charge is 0.477 e. The van der Waals surface area contributed by atoms with E-state index in [0.717, 1.165) is 11.3 Å². The molecular weight excluding hydrogens is 344 g/mol. The Kier molecular flexibility index (Phi) is 4.65. The first-order valence-electron chi connectivity index (χ1n) is 5.49. The third-order valence-corrected chi connectivity index (χ3v) is 4.01. The zero-order valence-corrected chi connectivity index (χ0v) is 12.4. The van der Waals surface area contributed by atoms with Gasteiger partial charge in [0.2, 0.25) is 0 Å². The molecule has 102 valence electrons. The van der Waals surface area contributed by atoms with Gasteiger partial charge in [0, 0.05) is 9.35 Å². The molecule has 2 N–H and O–H groups in total. The summed E-state index contributed by atoms with van der Waals surface area (Å²) in [5.74, 6) is -1.32. The molecule has 0 aliphatic carbocycles. The molecule has 0 radical (unpaired) electrons. The molecule has 1 aromatic carbocycles. The third-order valence-electron chi connectivity index (χ3n) is 2.31. The van der Waals surface area contributed by atoms with Gasteiger partial charge in [-0.25, -0.2) is 10.2 Å². The number of aromatic carboxylic acids is 1. The maximum Gasteiger partial charge on any atom is 0.345 e. The van der Waals surface area contributed by atoms with Gasteiger partial charge in [0.05, 0.1) is 11.8 Å². The molecular formula is C13H9BrN2O3S. The number of nitrogens with one attached hydrogen (secondary N) is 1. The Labute approximate surface area is 127 Å². The average molecular weight is 353 g/mol. The van der Waals surface area contributed by atoms with Crippen molar-refractivity contribution < 1.29 is 14.7 Å². The summed E-state index contributed by atoms with van der Waals surface area (Å²) in [6.07, 6.45) is 1.41. The van der Waals surface area contributed by atoms with Gasteiger partial charge in [-0.05, 0) is 40.2 Å². The lowest BCUT2D eigenvalue weighted by Gasteiger charge is -2.01. The zero-order chi connectivity index (χ0) is 14.5. The summed E-state index contributed by atoms with van der Waals surface area (Å²) in [6.45, 7) is 0. The average Bonchev–Trinajstić information content (AvgIpc) is 2.88. The lowest BCUT2D eigenvalue weighted by Crippen LogP contribution is -2.17. The summed E-state index contributed by atoms with van der Waals surface area (Å²) in [6, 6.07) is 10.1. The topological polar surface area (TPSA) is 78.8 Å². The number of thiophene rings is 1. The van der Waals surface area contributed by atoms with Crippen LogP contribution in [0.1, 0.15) is 24.9 Å². The number of benzene rings is 1. The molecule has 5 nitrogen and oxygen atoms in total. The number of hydrogen-bond donors (Lipinski definition) is 2. The van der Waals surface area contributed by atoms with Crippen molar-refractivity contribution in [3.8, 4) is 0 Å². The molecule has 1 aromatic heterocycles. The zero-order valence-electron chi connectivity index (χ0n) is 10.0.